The number of fused-ring (bicyclic) bond motifs is 5. The Bertz CT molecular complexity index is 531. The van der Waals surface area contributed by atoms with E-state index >= 15 is 0 Å². The Morgan fingerprint density at radius 2 is 1.71 bits per heavy atom. The molecule has 0 aromatic carbocycles. The molecule has 3 nitrogen and oxygen atoms in total. The number of hydrogen-bond acceptors (Lipinski definition) is 3. The number of carbonyl (C=O) groups is 1. The zero-order chi connectivity index (χ0) is 17.3. The molecule has 0 radical (unpaired) electrons. The highest BCUT2D eigenvalue weighted by atomic mass is 16.3. The van der Waals surface area contributed by atoms with Crippen LogP contribution in [0.1, 0.15) is 72.1 Å². The molecule has 0 spiro atoms. The van der Waals surface area contributed by atoms with E-state index in [1.54, 1.807) is 6.92 Å². The number of rotatable bonds is 1. The minimum atomic E-state index is -0.345. The van der Waals surface area contributed by atoms with Crippen LogP contribution < -0.4 is 0 Å². The molecule has 0 aromatic heterocycles. The molecule has 136 valence electrons. The molecule has 4 unspecified atom stereocenters. The number of aliphatic hydroxyl groups is 2. The average Bonchev–Trinajstić information content (AvgIpc) is 2.88. The van der Waals surface area contributed by atoms with Crippen molar-refractivity contribution in [3.05, 3.63) is 0 Å². The summed E-state index contributed by atoms with van der Waals surface area (Å²) in [5.41, 5.74) is 0.0726. The third kappa shape index (κ3) is 2.13. The van der Waals surface area contributed by atoms with E-state index in [9.17, 15) is 15.0 Å². The first-order valence-electron chi connectivity index (χ1n) is 10.1. The van der Waals surface area contributed by atoms with Gasteiger partial charge in [-0.3, -0.25) is 4.79 Å². The van der Waals surface area contributed by atoms with Gasteiger partial charge in [0.05, 0.1) is 12.2 Å². The summed E-state index contributed by atoms with van der Waals surface area (Å²) in [6.45, 7) is 6.36. The van der Waals surface area contributed by atoms with Gasteiger partial charge >= 0.3 is 0 Å². The molecule has 0 amide bonds. The Labute approximate surface area is 146 Å². The lowest BCUT2D eigenvalue weighted by Gasteiger charge is -2.62. The topological polar surface area (TPSA) is 57.5 Å². The second-order valence-electron chi connectivity index (χ2n) is 9.94. The summed E-state index contributed by atoms with van der Waals surface area (Å²) in [5, 5.41) is 21.3. The molecule has 4 saturated carbocycles. The van der Waals surface area contributed by atoms with Gasteiger partial charge < -0.3 is 10.2 Å². The first-order valence-corrected chi connectivity index (χ1v) is 10.1. The van der Waals surface area contributed by atoms with Crippen LogP contribution in [0.2, 0.25) is 0 Å². The van der Waals surface area contributed by atoms with Gasteiger partial charge in [0, 0.05) is 11.3 Å². The SMILES string of the molecule is CC(=O)C1CCC2C3CC[C@H]4C[C@H](O)CC[C@]4(C)C3C[C@H](O)[C@]12C. The molecule has 0 saturated heterocycles. The van der Waals surface area contributed by atoms with Crippen LogP contribution in [-0.2, 0) is 4.79 Å². The third-order valence-electron chi connectivity index (χ3n) is 9.24. The van der Waals surface area contributed by atoms with E-state index in [-0.39, 0.29) is 34.7 Å². The quantitative estimate of drug-likeness (QED) is 0.771. The van der Waals surface area contributed by atoms with Crippen LogP contribution in [-0.4, -0.2) is 28.2 Å². The lowest BCUT2D eigenvalue weighted by Crippen LogP contribution is -2.58. The summed E-state index contributed by atoms with van der Waals surface area (Å²) in [4.78, 5) is 12.2. The maximum absolute atomic E-state index is 12.2. The summed E-state index contributed by atoms with van der Waals surface area (Å²) in [7, 11) is 0. The van der Waals surface area contributed by atoms with Crippen LogP contribution in [0.3, 0.4) is 0 Å². The minimum Gasteiger partial charge on any atom is -0.393 e. The van der Waals surface area contributed by atoms with Gasteiger partial charge in [0.25, 0.3) is 0 Å². The monoisotopic (exact) mass is 334 g/mol. The molecule has 0 heterocycles. The van der Waals surface area contributed by atoms with Crippen molar-refractivity contribution in [1.29, 1.82) is 0 Å². The number of Topliss-reactive ketones (excluding diaryl/α,β-unsaturated/α-hetero) is 1. The molecule has 3 heteroatoms. The summed E-state index contributed by atoms with van der Waals surface area (Å²) >= 11 is 0. The van der Waals surface area contributed by atoms with Gasteiger partial charge in [-0.2, -0.15) is 0 Å². The van der Waals surface area contributed by atoms with Crippen LogP contribution in [0.5, 0.6) is 0 Å². The molecular formula is C21H34O3. The largest absolute Gasteiger partial charge is 0.393 e. The van der Waals surface area contributed by atoms with E-state index in [1.165, 1.54) is 12.8 Å². The zero-order valence-electron chi connectivity index (χ0n) is 15.5. The predicted octanol–water partition coefficient (Wildman–Crippen LogP) is 3.57. The van der Waals surface area contributed by atoms with Crippen LogP contribution >= 0.6 is 0 Å². The van der Waals surface area contributed by atoms with E-state index in [0.717, 1.165) is 38.5 Å². The minimum absolute atomic E-state index is 0.0529. The average molecular weight is 335 g/mol. The van der Waals surface area contributed by atoms with Gasteiger partial charge in [-0.15, -0.1) is 0 Å². The van der Waals surface area contributed by atoms with Crippen molar-refractivity contribution in [1.82, 2.24) is 0 Å². The van der Waals surface area contributed by atoms with Gasteiger partial charge in [0.1, 0.15) is 5.78 Å². The maximum atomic E-state index is 12.2. The number of carbonyl (C=O) groups excluding carboxylic acids is 1. The molecule has 2 N–H and O–H groups in total. The highest BCUT2D eigenvalue weighted by Gasteiger charge is 2.63. The highest BCUT2D eigenvalue weighted by Crippen LogP contribution is 2.67. The third-order valence-corrected chi connectivity index (χ3v) is 9.24. The van der Waals surface area contributed by atoms with Gasteiger partial charge in [0.15, 0.2) is 0 Å². The van der Waals surface area contributed by atoms with Crippen molar-refractivity contribution >= 4 is 5.78 Å². The molecule has 0 aromatic rings. The lowest BCUT2D eigenvalue weighted by molar-refractivity contribution is -0.173. The van der Waals surface area contributed by atoms with Gasteiger partial charge in [0.2, 0.25) is 0 Å². The van der Waals surface area contributed by atoms with Crippen molar-refractivity contribution in [2.75, 3.05) is 0 Å². The molecule has 4 rings (SSSR count). The summed E-state index contributed by atoms with van der Waals surface area (Å²) in [5.74, 6) is 2.69. The smallest absolute Gasteiger partial charge is 0.133 e. The van der Waals surface area contributed by atoms with E-state index < -0.39 is 0 Å². The van der Waals surface area contributed by atoms with Crippen molar-refractivity contribution < 1.29 is 15.0 Å². The molecule has 0 aliphatic heterocycles. The molecule has 24 heavy (non-hydrogen) atoms. The Hall–Kier alpha value is -0.410. The Morgan fingerprint density at radius 3 is 2.42 bits per heavy atom. The second-order valence-corrected chi connectivity index (χ2v) is 9.94. The molecule has 4 aliphatic carbocycles. The normalized spacial score (nSPS) is 57.0. The Morgan fingerprint density at radius 1 is 0.958 bits per heavy atom. The summed E-state index contributed by atoms with van der Waals surface area (Å²) in [6.07, 6.45) is 7.92. The van der Waals surface area contributed by atoms with Crippen molar-refractivity contribution in [3.63, 3.8) is 0 Å². The zero-order valence-corrected chi connectivity index (χ0v) is 15.5. The van der Waals surface area contributed by atoms with Gasteiger partial charge in [-0.1, -0.05) is 13.8 Å². The molecular weight excluding hydrogens is 300 g/mol. The fraction of sp³-hybridized carbons (Fsp3) is 0.952. The van der Waals surface area contributed by atoms with Crippen LogP contribution in [0.25, 0.3) is 0 Å². The molecule has 4 aliphatic rings. The Balaban J connectivity index is 1.66. The molecule has 9 atom stereocenters. The van der Waals surface area contributed by atoms with E-state index in [4.69, 9.17) is 0 Å². The summed E-state index contributed by atoms with van der Waals surface area (Å²) < 4.78 is 0. The Kier molecular flexibility index (Phi) is 3.93. The second kappa shape index (κ2) is 5.54. The van der Waals surface area contributed by atoms with Gasteiger partial charge in [-0.05, 0) is 87.4 Å². The predicted molar refractivity (Wildman–Crippen MR) is 93.3 cm³/mol. The first-order chi connectivity index (χ1) is 11.3. The fourth-order valence-corrected chi connectivity index (χ4v) is 7.86. The van der Waals surface area contributed by atoms with E-state index in [1.807, 2.05) is 0 Å². The number of hydrogen-bond donors (Lipinski definition) is 2. The number of ketones is 1. The number of aliphatic hydroxyl groups excluding tert-OH is 2. The highest BCUT2D eigenvalue weighted by molar-refractivity contribution is 5.79. The van der Waals surface area contributed by atoms with E-state index in [2.05, 4.69) is 13.8 Å². The van der Waals surface area contributed by atoms with Crippen LogP contribution in [0.15, 0.2) is 0 Å². The van der Waals surface area contributed by atoms with Crippen molar-refractivity contribution in [2.45, 2.75) is 84.3 Å². The van der Waals surface area contributed by atoms with E-state index in [0.29, 0.717) is 23.7 Å². The van der Waals surface area contributed by atoms with Crippen molar-refractivity contribution in [3.8, 4) is 0 Å². The molecule has 4 fully saturated rings. The fourth-order valence-electron chi connectivity index (χ4n) is 7.86. The van der Waals surface area contributed by atoms with Crippen LogP contribution in [0.4, 0.5) is 0 Å². The summed E-state index contributed by atoms with van der Waals surface area (Å²) in [6, 6.07) is 0. The standard InChI is InChI=1S/C21H34O3/c1-12(22)16-6-7-17-15-5-4-13-10-14(23)8-9-20(13,2)18(15)11-19(24)21(16,17)3/h13-19,23-24H,4-11H2,1-3H3/t13-,14+,15?,16?,17?,18?,19-,20-,21+/m0/s1. The lowest BCUT2D eigenvalue weighted by atomic mass is 9.44. The maximum Gasteiger partial charge on any atom is 0.133 e. The van der Waals surface area contributed by atoms with Gasteiger partial charge in [-0.25, -0.2) is 0 Å². The van der Waals surface area contributed by atoms with Crippen molar-refractivity contribution in [2.24, 2.45) is 40.4 Å². The first kappa shape index (κ1) is 17.0. The van der Waals surface area contributed by atoms with Crippen LogP contribution in [0, 0.1) is 40.4 Å². The molecule has 0 bridgehead atoms.